The molecule has 5 heteroatoms. The number of anilines is 1. The van der Waals surface area contributed by atoms with Crippen LogP contribution >= 0.6 is 15.9 Å². The highest BCUT2D eigenvalue weighted by atomic mass is 79.9. The summed E-state index contributed by atoms with van der Waals surface area (Å²) in [6.07, 6.45) is 0. The lowest BCUT2D eigenvalue weighted by molar-refractivity contribution is -0.119. The van der Waals surface area contributed by atoms with Crippen molar-refractivity contribution in [2.75, 3.05) is 12.0 Å². The highest BCUT2D eigenvalue weighted by Crippen LogP contribution is 2.37. The zero-order valence-electron chi connectivity index (χ0n) is 11.5. The van der Waals surface area contributed by atoms with E-state index in [4.69, 9.17) is 10.5 Å². The molecule has 0 saturated carbocycles. The number of hydrogen-bond donors (Lipinski definition) is 1. The fourth-order valence-corrected chi connectivity index (χ4v) is 2.90. The van der Waals surface area contributed by atoms with E-state index in [0.29, 0.717) is 6.54 Å². The summed E-state index contributed by atoms with van der Waals surface area (Å²) in [4.78, 5) is 14.1. The second kappa shape index (κ2) is 5.50. The number of nitrogens with zero attached hydrogens (tertiary/aromatic N) is 1. The van der Waals surface area contributed by atoms with Gasteiger partial charge >= 0.3 is 0 Å². The minimum atomic E-state index is -0.585. The van der Waals surface area contributed by atoms with Gasteiger partial charge in [-0.1, -0.05) is 34.1 Å². The fraction of sp³-hybridized carbons (Fsp3) is 0.188. The number of halogens is 1. The molecule has 2 N–H and O–H groups in total. The van der Waals surface area contributed by atoms with Crippen LogP contribution in [0.2, 0.25) is 0 Å². The van der Waals surface area contributed by atoms with Gasteiger partial charge in [-0.05, 0) is 29.8 Å². The number of hydrogen-bond acceptors (Lipinski definition) is 3. The first kappa shape index (κ1) is 14.1. The molecule has 2 aromatic carbocycles. The molecular weight excluding hydrogens is 332 g/mol. The first-order chi connectivity index (χ1) is 10.1. The molecule has 3 rings (SSSR count). The molecule has 0 saturated heterocycles. The third-order valence-corrected chi connectivity index (χ3v) is 4.12. The van der Waals surface area contributed by atoms with Crippen molar-refractivity contribution in [1.29, 1.82) is 0 Å². The molecule has 0 radical (unpaired) electrons. The zero-order chi connectivity index (χ0) is 15.0. The number of methoxy groups -OCH3 is 1. The third-order valence-electron chi connectivity index (χ3n) is 3.63. The molecule has 0 aliphatic carbocycles. The minimum absolute atomic E-state index is 0.0779. The van der Waals surface area contributed by atoms with Crippen molar-refractivity contribution in [3.63, 3.8) is 0 Å². The van der Waals surface area contributed by atoms with Crippen LogP contribution in [0.5, 0.6) is 5.75 Å². The summed E-state index contributed by atoms with van der Waals surface area (Å²) in [5.41, 5.74) is 8.74. The highest BCUT2D eigenvalue weighted by molar-refractivity contribution is 9.10. The Balaban J connectivity index is 1.95. The van der Waals surface area contributed by atoms with Crippen molar-refractivity contribution >= 4 is 27.5 Å². The quantitative estimate of drug-likeness (QED) is 0.929. The Morgan fingerprint density at radius 2 is 2.10 bits per heavy atom. The molecule has 108 valence electrons. The van der Waals surface area contributed by atoms with Gasteiger partial charge in [0, 0.05) is 10.0 Å². The summed E-state index contributed by atoms with van der Waals surface area (Å²) in [5, 5.41) is 0. The number of nitrogens with two attached hydrogens (primary N) is 1. The third kappa shape index (κ3) is 2.54. The van der Waals surface area contributed by atoms with Crippen LogP contribution in [0.1, 0.15) is 17.2 Å². The summed E-state index contributed by atoms with van der Waals surface area (Å²) >= 11 is 3.44. The Morgan fingerprint density at radius 3 is 2.86 bits per heavy atom. The second-order valence-corrected chi connectivity index (χ2v) is 5.87. The van der Waals surface area contributed by atoms with E-state index in [1.807, 2.05) is 42.5 Å². The second-order valence-electron chi connectivity index (χ2n) is 4.96. The average molecular weight is 347 g/mol. The number of fused-ring (bicyclic) bond motifs is 1. The molecule has 1 aliphatic rings. The van der Waals surface area contributed by atoms with Gasteiger partial charge in [0.25, 0.3) is 0 Å². The molecule has 0 bridgehead atoms. The topological polar surface area (TPSA) is 55.6 Å². The van der Waals surface area contributed by atoms with Crippen molar-refractivity contribution in [3.8, 4) is 5.75 Å². The average Bonchev–Trinajstić information content (AvgIpc) is 2.72. The van der Waals surface area contributed by atoms with Gasteiger partial charge in [-0.3, -0.25) is 4.79 Å². The lowest BCUT2D eigenvalue weighted by atomic mass is 10.1. The molecule has 0 spiro atoms. The van der Waals surface area contributed by atoms with Gasteiger partial charge in [0.15, 0.2) is 0 Å². The van der Waals surface area contributed by atoms with Crippen molar-refractivity contribution in [2.45, 2.75) is 12.6 Å². The van der Waals surface area contributed by atoms with Gasteiger partial charge in [0.2, 0.25) is 5.91 Å². The Morgan fingerprint density at radius 1 is 1.29 bits per heavy atom. The van der Waals surface area contributed by atoms with Gasteiger partial charge in [0.1, 0.15) is 11.8 Å². The van der Waals surface area contributed by atoms with E-state index < -0.39 is 6.04 Å². The number of carbonyl (C=O) groups excluding carboxylic acids is 1. The number of ether oxygens (including phenoxy) is 1. The summed E-state index contributed by atoms with van der Waals surface area (Å²) in [5.74, 6) is 0.698. The standard InChI is InChI=1S/C16H15BrN2O2/c1-21-12-4-2-3-10(7-12)9-19-14-8-11(17)5-6-13(14)15(18)16(19)20/h2-8,15H,9,18H2,1H3. The van der Waals surface area contributed by atoms with Crippen LogP contribution in [0.3, 0.4) is 0 Å². The van der Waals surface area contributed by atoms with Crippen LogP contribution in [-0.2, 0) is 11.3 Å². The molecule has 0 aromatic heterocycles. The summed E-state index contributed by atoms with van der Waals surface area (Å²) in [6, 6.07) is 12.8. The molecular formula is C16H15BrN2O2. The Hall–Kier alpha value is -1.85. The Bertz CT molecular complexity index is 702. The summed E-state index contributed by atoms with van der Waals surface area (Å²) in [7, 11) is 1.63. The maximum atomic E-state index is 12.4. The predicted octanol–water partition coefficient (Wildman–Crippen LogP) is 3.00. The number of benzene rings is 2. The van der Waals surface area contributed by atoms with Crippen molar-refractivity contribution in [2.24, 2.45) is 5.73 Å². The lowest BCUT2D eigenvalue weighted by Crippen LogP contribution is -2.31. The summed E-state index contributed by atoms with van der Waals surface area (Å²) in [6.45, 7) is 0.479. The van der Waals surface area contributed by atoms with Crippen LogP contribution in [0.4, 0.5) is 5.69 Å². The van der Waals surface area contributed by atoms with Gasteiger partial charge < -0.3 is 15.4 Å². The maximum Gasteiger partial charge on any atom is 0.248 e. The molecule has 1 atom stereocenters. The van der Waals surface area contributed by atoms with E-state index >= 15 is 0 Å². The molecule has 1 amide bonds. The zero-order valence-corrected chi connectivity index (χ0v) is 13.1. The first-order valence-corrected chi connectivity index (χ1v) is 7.39. The van der Waals surface area contributed by atoms with E-state index in [1.54, 1.807) is 12.0 Å². The molecule has 1 heterocycles. The normalized spacial score (nSPS) is 17.0. The largest absolute Gasteiger partial charge is 0.497 e. The molecule has 1 aliphatic heterocycles. The van der Waals surface area contributed by atoms with E-state index in [2.05, 4.69) is 15.9 Å². The van der Waals surface area contributed by atoms with E-state index in [9.17, 15) is 4.79 Å². The number of rotatable bonds is 3. The first-order valence-electron chi connectivity index (χ1n) is 6.59. The van der Waals surface area contributed by atoms with Crippen LogP contribution in [0.25, 0.3) is 0 Å². The summed E-state index contributed by atoms with van der Waals surface area (Å²) < 4.78 is 6.15. The Labute approximate surface area is 131 Å². The van der Waals surface area contributed by atoms with Crippen molar-refractivity contribution in [3.05, 3.63) is 58.1 Å². The van der Waals surface area contributed by atoms with Gasteiger partial charge in [-0.2, -0.15) is 0 Å². The van der Waals surface area contributed by atoms with E-state index in [1.165, 1.54) is 0 Å². The van der Waals surface area contributed by atoms with Crippen molar-refractivity contribution < 1.29 is 9.53 Å². The van der Waals surface area contributed by atoms with Gasteiger partial charge in [-0.15, -0.1) is 0 Å². The van der Waals surface area contributed by atoms with Crippen LogP contribution < -0.4 is 15.4 Å². The van der Waals surface area contributed by atoms with Crippen molar-refractivity contribution in [1.82, 2.24) is 0 Å². The number of carbonyl (C=O) groups is 1. The van der Waals surface area contributed by atoms with Gasteiger partial charge in [-0.25, -0.2) is 0 Å². The smallest absolute Gasteiger partial charge is 0.248 e. The molecule has 2 aromatic rings. The van der Waals surface area contributed by atoms with Gasteiger partial charge in [0.05, 0.1) is 19.3 Å². The minimum Gasteiger partial charge on any atom is -0.497 e. The fourth-order valence-electron chi connectivity index (χ4n) is 2.55. The van der Waals surface area contributed by atoms with Crippen LogP contribution in [-0.4, -0.2) is 13.0 Å². The monoisotopic (exact) mass is 346 g/mol. The van der Waals surface area contributed by atoms with Crippen LogP contribution in [0, 0.1) is 0 Å². The van der Waals surface area contributed by atoms with E-state index in [0.717, 1.165) is 27.0 Å². The van der Waals surface area contributed by atoms with E-state index in [-0.39, 0.29) is 5.91 Å². The highest BCUT2D eigenvalue weighted by Gasteiger charge is 2.34. The molecule has 1 unspecified atom stereocenters. The SMILES string of the molecule is COc1cccc(CN2C(=O)C(N)c3ccc(Br)cc32)c1. The maximum absolute atomic E-state index is 12.4. The molecule has 0 fully saturated rings. The van der Waals surface area contributed by atoms with Crippen LogP contribution in [0.15, 0.2) is 46.9 Å². The Kier molecular flexibility index (Phi) is 3.69. The molecule has 4 nitrogen and oxygen atoms in total. The number of amides is 1. The predicted molar refractivity (Wildman–Crippen MR) is 85.3 cm³/mol. The molecule has 21 heavy (non-hydrogen) atoms. The lowest BCUT2D eigenvalue weighted by Gasteiger charge is -2.18.